The molecule has 0 radical (unpaired) electrons. The summed E-state index contributed by atoms with van der Waals surface area (Å²) in [5, 5.41) is 7.92. The molecule has 3 atom stereocenters. The number of aromatic nitrogens is 3. The average Bonchev–Trinajstić information content (AvgIpc) is 3.13. The van der Waals surface area contributed by atoms with Gasteiger partial charge in [-0.25, -0.2) is 4.98 Å². The summed E-state index contributed by atoms with van der Waals surface area (Å²) >= 11 is 5.94. The summed E-state index contributed by atoms with van der Waals surface area (Å²) in [6, 6.07) is 7.08. The highest BCUT2D eigenvalue weighted by Crippen LogP contribution is 2.29. The Bertz CT molecular complexity index is 1090. The number of nitrogens with zero attached hydrogens (tertiary/aromatic N) is 3. The maximum absolute atomic E-state index is 13.0. The molecule has 1 aliphatic rings. The summed E-state index contributed by atoms with van der Waals surface area (Å²) in [4.78, 5) is 29.8. The Morgan fingerprint density at radius 3 is 2.79 bits per heavy atom. The standard InChI is InChI=1S/C21H23ClN4O3/c1-12-4-3-5-16(13(12)2)24-17(27)10-26-11-23-20-18(21(26)28)19(25-29-20)14-6-8-15(22)9-7-14/h6-9,11-13,16H,3-5,10H2,1-2H3,(H,24,27)/t12-,13-,16-/m1/s1. The van der Waals surface area contributed by atoms with E-state index in [9.17, 15) is 9.59 Å². The molecule has 7 nitrogen and oxygen atoms in total. The molecule has 0 aliphatic heterocycles. The highest BCUT2D eigenvalue weighted by molar-refractivity contribution is 6.30. The molecule has 3 aromatic rings. The van der Waals surface area contributed by atoms with Crippen LogP contribution in [0.3, 0.4) is 0 Å². The number of fused-ring (bicyclic) bond motifs is 1. The lowest BCUT2D eigenvalue weighted by Gasteiger charge is -2.34. The van der Waals surface area contributed by atoms with Crippen LogP contribution in [0, 0.1) is 11.8 Å². The Morgan fingerprint density at radius 2 is 2.03 bits per heavy atom. The first kappa shape index (κ1) is 19.6. The summed E-state index contributed by atoms with van der Waals surface area (Å²) in [6.07, 6.45) is 4.59. The minimum Gasteiger partial charge on any atom is -0.352 e. The van der Waals surface area contributed by atoms with E-state index in [1.807, 2.05) is 0 Å². The number of benzene rings is 1. The molecule has 152 valence electrons. The van der Waals surface area contributed by atoms with E-state index in [0.717, 1.165) is 12.8 Å². The maximum Gasteiger partial charge on any atom is 0.267 e. The van der Waals surface area contributed by atoms with Crippen LogP contribution in [-0.4, -0.2) is 26.7 Å². The molecular weight excluding hydrogens is 392 g/mol. The molecule has 1 aromatic carbocycles. The van der Waals surface area contributed by atoms with Gasteiger partial charge < -0.3 is 9.84 Å². The lowest BCUT2D eigenvalue weighted by molar-refractivity contribution is -0.123. The van der Waals surface area contributed by atoms with Gasteiger partial charge in [-0.2, -0.15) is 0 Å². The summed E-state index contributed by atoms with van der Waals surface area (Å²) in [6.45, 7) is 4.30. The number of carbonyl (C=O) groups is 1. The molecule has 1 aliphatic carbocycles. The van der Waals surface area contributed by atoms with Crippen molar-refractivity contribution < 1.29 is 9.32 Å². The van der Waals surface area contributed by atoms with Crippen LogP contribution in [0.4, 0.5) is 0 Å². The fourth-order valence-corrected chi connectivity index (χ4v) is 4.12. The van der Waals surface area contributed by atoms with Crippen LogP contribution < -0.4 is 10.9 Å². The zero-order chi connectivity index (χ0) is 20.5. The lowest BCUT2D eigenvalue weighted by atomic mass is 9.78. The number of rotatable bonds is 4. The summed E-state index contributed by atoms with van der Waals surface area (Å²) in [5.74, 6) is 0.803. The normalized spacial score (nSPS) is 22.0. The Kier molecular flexibility index (Phi) is 5.41. The molecule has 4 rings (SSSR count). The predicted octanol–water partition coefficient (Wildman–Crippen LogP) is 3.65. The smallest absolute Gasteiger partial charge is 0.267 e. The van der Waals surface area contributed by atoms with Crippen LogP contribution in [0.25, 0.3) is 22.4 Å². The van der Waals surface area contributed by atoms with Gasteiger partial charge in [0, 0.05) is 16.6 Å². The molecule has 1 N–H and O–H groups in total. The van der Waals surface area contributed by atoms with Crippen molar-refractivity contribution in [3.05, 3.63) is 46.0 Å². The highest BCUT2D eigenvalue weighted by Gasteiger charge is 2.28. The van der Waals surface area contributed by atoms with Gasteiger partial charge in [-0.15, -0.1) is 0 Å². The molecule has 0 unspecified atom stereocenters. The molecule has 1 fully saturated rings. The van der Waals surface area contributed by atoms with E-state index >= 15 is 0 Å². The summed E-state index contributed by atoms with van der Waals surface area (Å²) in [5.41, 5.74) is 0.866. The second-order valence-electron chi connectivity index (χ2n) is 7.84. The SMILES string of the molecule is C[C@@H]1[C@H](C)CCC[C@H]1NC(=O)Cn1cnc2onc(-c3ccc(Cl)cc3)c2c1=O. The van der Waals surface area contributed by atoms with E-state index in [4.69, 9.17) is 16.1 Å². The number of carbonyl (C=O) groups excluding carboxylic acids is 1. The second kappa shape index (κ2) is 7.99. The van der Waals surface area contributed by atoms with Gasteiger partial charge >= 0.3 is 0 Å². The van der Waals surface area contributed by atoms with Crippen molar-refractivity contribution in [2.24, 2.45) is 11.8 Å². The van der Waals surface area contributed by atoms with Crippen LogP contribution in [0.15, 0.2) is 39.9 Å². The van der Waals surface area contributed by atoms with Gasteiger partial charge in [0.05, 0.1) is 0 Å². The van der Waals surface area contributed by atoms with E-state index in [2.05, 4.69) is 29.3 Å². The highest BCUT2D eigenvalue weighted by atomic mass is 35.5. The molecule has 1 amide bonds. The minimum atomic E-state index is -0.360. The lowest BCUT2D eigenvalue weighted by Crippen LogP contribution is -2.45. The van der Waals surface area contributed by atoms with Crippen molar-refractivity contribution in [3.63, 3.8) is 0 Å². The summed E-state index contributed by atoms with van der Waals surface area (Å²) < 4.78 is 6.51. The Hall–Kier alpha value is -2.67. The van der Waals surface area contributed by atoms with Crippen molar-refractivity contribution in [2.75, 3.05) is 0 Å². The molecule has 0 spiro atoms. The van der Waals surface area contributed by atoms with Gasteiger partial charge in [-0.05, 0) is 30.4 Å². The second-order valence-corrected chi connectivity index (χ2v) is 8.27. The third-order valence-corrected chi connectivity index (χ3v) is 6.20. The zero-order valence-corrected chi connectivity index (χ0v) is 17.1. The van der Waals surface area contributed by atoms with Gasteiger partial charge in [-0.3, -0.25) is 14.2 Å². The number of halogens is 1. The monoisotopic (exact) mass is 414 g/mol. The molecule has 2 heterocycles. The fourth-order valence-electron chi connectivity index (χ4n) is 3.99. The van der Waals surface area contributed by atoms with Crippen LogP contribution in [-0.2, 0) is 11.3 Å². The Labute approximate surface area is 173 Å². The van der Waals surface area contributed by atoms with E-state index in [1.54, 1.807) is 24.3 Å². The molecule has 0 saturated heterocycles. The predicted molar refractivity (Wildman–Crippen MR) is 111 cm³/mol. The Balaban J connectivity index is 1.59. The van der Waals surface area contributed by atoms with Crippen LogP contribution in [0.1, 0.15) is 33.1 Å². The number of amides is 1. The van der Waals surface area contributed by atoms with Gasteiger partial charge in [0.2, 0.25) is 5.91 Å². The van der Waals surface area contributed by atoms with E-state index in [0.29, 0.717) is 28.1 Å². The van der Waals surface area contributed by atoms with Crippen molar-refractivity contribution in [2.45, 2.75) is 45.7 Å². The average molecular weight is 415 g/mol. The van der Waals surface area contributed by atoms with Crippen LogP contribution >= 0.6 is 11.6 Å². The summed E-state index contributed by atoms with van der Waals surface area (Å²) in [7, 11) is 0. The largest absolute Gasteiger partial charge is 0.352 e. The molecular formula is C21H23ClN4O3. The number of nitrogens with one attached hydrogen (secondary N) is 1. The first-order valence-electron chi connectivity index (χ1n) is 9.84. The Morgan fingerprint density at radius 1 is 1.28 bits per heavy atom. The fraction of sp³-hybridized carbons (Fsp3) is 0.429. The van der Waals surface area contributed by atoms with Gasteiger partial charge in [0.15, 0.2) is 0 Å². The van der Waals surface area contributed by atoms with E-state index in [1.165, 1.54) is 17.3 Å². The van der Waals surface area contributed by atoms with Crippen LogP contribution in [0.5, 0.6) is 0 Å². The number of hydrogen-bond acceptors (Lipinski definition) is 5. The zero-order valence-electron chi connectivity index (χ0n) is 16.4. The molecule has 2 aromatic heterocycles. The number of hydrogen-bond donors (Lipinski definition) is 1. The first-order chi connectivity index (χ1) is 13.9. The molecule has 8 heteroatoms. The molecule has 0 bridgehead atoms. The maximum atomic E-state index is 13.0. The van der Waals surface area contributed by atoms with Crippen molar-refractivity contribution in [3.8, 4) is 11.3 Å². The van der Waals surface area contributed by atoms with Gasteiger partial charge in [0.25, 0.3) is 11.3 Å². The van der Waals surface area contributed by atoms with Crippen LogP contribution in [0.2, 0.25) is 5.02 Å². The molecule has 29 heavy (non-hydrogen) atoms. The van der Waals surface area contributed by atoms with Crippen molar-refractivity contribution >= 4 is 28.6 Å². The van der Waals surface area contributed by atoms with E-state index < -0.39 is 0 Å². The van der Waals surface area contributed by atoms with Crippen molar-refractivity contribution in [1.29, 1.82) is 0 Å². The minimum absolute atomic E-state index is 0.0926. The van der Waals surface area contributed by atoms with E-state index in [-0.39, 0.29) is 35.2 Å². The third-order valence-electron chi connectivity index (χ3n) is 5.95. The van der Waals surface area contributed by atoms with Crippen molar-refractivity contribution in [1.82, 2.24) is 20.0 Å². The van der Waals surface area contributed by atoms with Gasteiger partial charge in [-0.1, -0.05) is 55.6 Å². The van der Waals surface area contributed by atoms with Gasteiger partial charge in [0.1, 0.15) is 24.0 Å². The molecule has 1 saturated carbocycles. The third kappa shape index (κ3) is 3.92. The topological polar surface area (TPSA) is 90.0 Å². The first-order valence-corrected chi connectivity index (χ1v) is 10.2. The quantitative estimate of drug-likeness (QED) is 0.703.